The fourth-order valence-corrected chi connectivity index (χ4v) is 1.84. The molecule has 0 N–H and O–H groups in total. The maximum absolute atomic E-state index is 11.3. The molecule has 2 heterocycles. The molecule has 0 radical (unpaired) electrons. The summed E-state index contributed by atoms with van der Waals surface area (Å²) in [5.41, 5.74) is 2.24. The zero-order valence-electron chi connectivity index (χ0n) is 8.32. The average Bonchev–Trinajstić information content (AvgIpc) is 2.70. The van der Waals surface area contributed by atoms with Crippen LogP contribution in [0.2, 0.25) is 0 Å². The Hall–Kier alpha value is -1.32. The molecule has 1 aromatic rings. The molecular formula is C10H14N2O2. The quantitative estimate of drug-likeness (QED) is 0.672. The summed E-state index contributed by atoms with van der Waals surface area (Å²) in [6.07, 6.45) is 4.32. The number of hydrogen-bond donors (Lipinski definition) is 0. The van der Waals surface area contributed by atoms with Gasteiger partial charge in [-0.3, -0.25) is 9.48 Å². The fraction of sp³-hybridized carbons (Fsp3) is 0.600. The van der Waals surface area contributed by atoms with Gasteiger partial charge in [-0.2, -0.15) is 5.10 Å². The molecule has 0 atom stereocenters. The van der Waals surface area contributed by atoms with E-state index in [2.05, 4.69) is 5.10 Å². The number of carbonyl (C=O) groups excluding carboxylic acids is 1. The Bertz CT molecular complexity index is 344. The smallest absolute Gasteiger partial charge is 0.310 e. The van der Waals surface area contributed by atoms with Crippen molar-refractivity contribution in [1.82, 2.24) is 9.78 Å². The molecule has 0 aliphatic carbocycles. The van der Waals surface area contributed by atoms with Gasteiger partial charge in [-0.15, -0.1) is 0 Å². The van der Waals surface area contributed by atoms with E-state index in [0.717, 1.165) is 24.9 Å². The summed E-state index contributed by atoms with van der Waals surface area (Å²) in [7, 11) is 0. The second-order valence-electron chi connectivity index (χ2n) is 3.42. The van der Waals surface area contributed by atoms with Gasteiger partial charge in [0.15, 0.2) is 0 Å². The van der Waals surface area contributed by atoms with Gasteiger partial charge >= 0.3 is 5.97 Å². The lowest BCUT2D eigenvalue weighted by Crippen LogP contribution is -2.08. The molecule has 0 spiro atoms. The summed E-state index contributed by atoms with van der Waals surface area (Å²) in [5.74, 6) is -0.157. The highest BCUT2D eigenvalue weighted by Gasteiger charge is 2.18. The molecule has 0 amide bonds. The highest BCUT2D eigenvalue weighted by Crippen LogP contribution is 2.18. The number of ether oxygens (including phenoxy) is 1. The van der Waals surface area contributed by atoms with Crippen LogP contribution < -0.4 is 0 Å². The van der Waals surface area contributed by atoms with E-state index in [4.69, 9.17) is 4.74 Å². The fourth-order valence-electron chi connectivity index (χ4n) is 1.84. The SMILES string of the molecule is CCOC(=O)Cc1cnn2c1CCC2. The third-order valence-electron chi connectivity index (χ3n) is 2.46. The minimum atomic E-state index is -0.157. The van der Waals surface area contributed by atoms with Crippen LogP contribution in [0.25, 0.3) is 0 Å². The molecule has 4 nitrogen and oxygen atoms in total. The highest BCUT2D eigenvalue weighted by molar-refractivity contribution is 5.72. The Labute approximate surface area is 82.9 Å². The molecule has 76 valence electrons. The van der Waals surface area contributed by atoms with Crippen LogP contribution in [0.3, 0.4) is 0 Å². The van der Waals surface area contributed by atoms with Crippen molar-refractivity contribution < 1.29 is 9.53 Å². The van der Waals surface area contributed by atoms with Crippen LogP contribution in [-0.2, 0) is 28.9 Å². The third-order valence-corrected chi connectivity index (χ3v) is 2.46. The molecule has 1 aromatic heterocycles. The summed E-state index contributed by atoms with van der Waals surface area (Å²) >= 11 is 0. The third kappa shape index (κ3) is 1.64. The van der Waals surface area contributed by atoms with Crippen molar-refractivity contribution in [2.45, 2.75) is 32.7 Å². The van der Waals surface area contributed by atoms with E-state index in [9.17, 15) is 4.79 Å². The molecule has 0 saturated heterocycles. The molecule has 0 unspecified atom stereocenters. The zero-order chi connectivity index (χ0) is 9.97. The van der Waals surface area contributed by atoms with E-state index in [0.29, 0.717) is 13.0 Å². The van der Waals surface area contributed by atoms with E-state index in [-0.39, 0.29) is 5.97 Å². The Balaban J connectivity index is 2.06. The molecule has 2 rings (SSSR count). The van der Waals surface area contributed by atoms with Crippen LogP contribution in [0.4, 0.5) is 0 Å². The molecule has 0 fully saturated rings. The molecule has 1 aliphatic rings. The van der Waals surface area contributed by atoms with Crippen molar-refractivity contribution >= 4 is 5.97 Å². The number of nitrogens with zero attached hydrogens (tertiary/aromatic N) is 2. The lowest BCUT2D eigenvalue weighted by Gasteiger charge is -2.00. The Morgan fingerprint density at radius 2 is 2.57 bits per heavy atom. The van der Waals surface area contributed by atoms with Crippen LogP contribution in [0, 0.1) is 0 Å². The first-order valence-corrected chi connectivity index (χ1v) is 5.00. The number of aryl methyl sites for hydroxylation is 1. The second-order valence-corrected chi connectivity index (χ2v) is 3.42. The molecule has 1 aliphatic heterocycles. The van der Waals surface area contributed by atoms with Crippen LogP contribution in [0.15, 0.2) is 6.20 Å². The largest absolute Gasteiger partial charge is 0.466 e. The van der Waals surface area contributed by atoms with Crippen molar-refractivity contribution in [3.8, 4) is 0 Å². The summed E-state index contributed by atoms with van der Waals surface area (Å²) in [6.45, 7) is 3.25. The summed E-state index contributed by atoms with van der Waals surface area (Å²) in [4.78, 5) is 11.3. The van der Waals surface area contributed by atoms with Crippen molar-refractivity contribution in [2.75, 3.05) is 6.61 Å². The monoisotopic (exact) mass is 194 g/mol. The minimum Gasteiger partial charge on any atom is -0.466 e. The van der Waals surface area contributed by atoms with Crippen molar-refractivity contribution in [3.63, 3.8) is 0 Å². The van der Waals surface area contributed by atoms with E-state index >= 15 is 0 Å². The molecular weight excluding hydrogens is 180 g/mol. The molecule has 0 saturated carbocycles. The van der Waals surface area contributed by atoms with Gasteiger partial charge < -0.3 is 4.74 Å². The topological polar surface area (TPSA) is 44.1 Å². The van der Waals surface area contributed by atoms with Crippen LogP contribution in [-0.4, -0.2) is 22.4 Å². The van der Waals surface area contributed by atoms with Gasteiger partial charge in [0, 0.05) is 17.8 Å². The first kappa shape index (κ1) is 9.24. The number of hydrogen-bond acceptors (Lipinski definition) is 3. The standard InChI is InChI=1S/C10H14N2O2/c1-2-14-10(13)6-8-7-11-12-5-3-4-9(8)12/h7H,2-6H2,1H3. The number of aromatic nitrogens is 2. The maximum atomic E-state index is 11.3. The van der Waals surface area contributed by atoms with Gasteiger partial charge in [-0.05, 0) is 19.8 Å². The maximum Gasteiger partial charge on any atom is 0.310 e. The van der Waals surface area contributed by atoms with E-state index in [1.165, 1.54) is 5.69 Å². The lowest BCUT2D eigenvalue weighted by atomic mass is 10.1. The van der Waals surface area contributed by atoms with Gasteiger partial charge in [0.1, 0.15) is 0 Å². The Kier molecular flexibility index (Phi) is 2.52. The van der Waals surface area contributed by atoms with Crippen LogP contribution in [0.5, 0.6) is 0 Å². The van der Waals surface area contributed by atoms with E-state index < -0.39 is 0 Å². The summed E-state index contributed by atoms with van der Waals surface area (Å²) in [6, 6.07) is 0. The molecule has 4 heteroatoms. The molecule has 14 heavy (non-hydrogen) atoms. The van der Waals surface area contributed by atoms with Gasteiger partial charge in [0.2, 0.25) is 0 Å². The highest BCUT2D eigenvalue weighted by atomic mass is 16.5. The molecule has 0 aromatic carbocycles. The summed E-state index contributed by atoms with van der Waals surface area (Å²) < 4.78 is 6.88. The first-order valence-electron chi connectivity index (χ1n) is 5.00. The minimum absolute atomic E-state index is 0.157. The van der Waals surface area contributed by atoms with Crippen molar-refractivity contribution in [1.29, 1.82) is 0 Å². The first-order chi connectivity index (χ1) is 6.81. The van der Waals surface area contributed by atoms with Crippen LogP contribution in [0.1, 0.15) is 24.6 Å². The van der Waals surface area contributed by atoms with Crippen LogP contribution >= 0.6 is 0 Å². The van der Waals surface area contributed by atoms with Crippen molar-refractivity contribution in [3.05, 3.63) is 17.5 Å². The van der Waals surface area contributed by atoms with Gasteiger partial charge in [0.05, 0.1) is 19.2 Å². The normalized spacial score (nSPS) is 14.1. The van der Waals surface area contributed by atoms with E-state index in [1.807, 2.05) is 11.6 Å². The molecule has 0 bridgehead atoms. The average molecular weight is 194 g/mol. The number of rotatable bonds is 3. The Morgan fingerprint density at radius 3 is 3.36 bits per heavy atom. The van der Waals surface area contributed by atoms with Gasteiger partial charge in [-0.25, -0.2) is 0 Å². The number of esters is 1. The van der Waals surface area contributed by atoms with E-state index in [1.54, 1.807) is 6.20 Å². The van der Waals surface area contributed by atoms with Gasteiger partial charge in [-0.1, -0.05) is 0 Å². The zero-order valence-corrected chi connectivity index (χ0v) is 8.32. The van der Waals surface area contributed by atoms with Gasteiger partial charge in [0.25, 0.3) is 0 Å². The second kappa shape index (κ2) is 3.82. The number of fused-ring (bicyclic) bond motifs is 1. The van der Waals surface area contributed by atoms with Crippen molar-refractivity contribution in [2.24, 2.45) is 0 Å². The predicted molar refractivity (Wildman–Crippen MR) is 50.9 cm³/mol. The predicted octanol–water partition coefficient (Wildman–Crippen LogP) is 0.935. The number of carbonyl (C=O) groups is 1. The summed E-state index contributed by atoms with van der Waals surface area (Å²) in [5, 5.41) is 4.22. The Morgan fingerprint density at radius 1 is 1.71 bits per heavy atom. The lowest BCUT2D eigenvalue weighted by molar-refractivity contribution is -0.142.